The van der Waals surface area contributed by atoms with Crippen LogP contribution in [0.25, 0.3) is 22.2 Å². The van der Waals surface area contributed by atoms with Gasteiger partial charge in [0, 0.05) is 24.0 Å². The van der Waals surface area contributed by atoms with Gasteiger partial charge in [0.2, 0.25) is 0 Å². The van der Waals surface area contributed by atoms with Gasteiger partial charge in [-0.15, -0.1) is 10.2 Å². The van der Waals surface area contributed by atoms with Crippen molar-refractivity contribution in [2.75, 3.05) is 5.75 Å². The predicted octanol–water partition coefficient (Wildman–Crippen LogP) is 8.13. The Labute approximate surface area is 255 Å². The van der Waals surface area contributed by atoms with E-state index in [0.29, 0.717) is 22.8 Å². The van der Waals surface area contributed by atoms with Crippen LogP contribution in [0.2, 0.25) is 0 Å². The summed E-state index contributed by atoms with van der Waals surface area (Å²) in [5.74, 6) is 2.75. The molecule has 2 heterocycles. The number of thioether (sulfide) groups is 1. The summed E-state index contributed by atoms with van der Waals surface area (Å²) in [6, 6.07) is 24.7. The highest BCUT2D eigenvalue weighted by Crippen LogP contribution is 2.52. The fourth-order valence-corrected chi connectivity index (χ4v) is 8.42. The minimum Gasteiger partial charge on any atom is -0.483 e. The molecule has 8 heteroatoms. The fraction of sp³-hybridized carbons (Fsp3) is 0.343. The summed E-state index contributed by atoms with van der Waals surface area (Å²) in [5.41, 5.74) is 3.68. The van der Waals surface area contributed by atoms with Gasteiger partial charge in [-0.2, -0.15) is 0 Å². The van der Waals surface area contributed by atoms with Crippen LogP contribution in [0.3, 0.4) is 0 Å². The molecule has 43 heavy (non-hydrogen) atoms. The first kappa shape index (κ1) is 27.9. The molecule has 0 N–H and O–H groups in total. The molecule has 5 aromatic rings. The SMILES string of the molecule is C[C@H]([C@@H]1C[C@@H]2CC[C@@H]1C2)n1c(COc2ccccc2F)nnc1SCC(=O)c1c(-c2ccccc2)n(C)c2ccccc12. The van der Waals surface area contributed by atoms with Crippen molar-refractivity contribution in [3.63, 3.8) is 0 Å². The van der Waals surface area contributed by atoms with Crippen molar-refractivity contribution in [2.45, 2.75) is 50.4 Å². The lowest BCUT2D eigenvalue weighted by Crippen LogP contribution is -2.24. The number of halogens is 1. The van der Waals surface area contributed by atoms with Crippen molar-refractivity contribution >= 4 is 28.4 Å². The maximum atomic E-state index is 14.3. The predicted molar refractivity (Wildman–Crippen MR) is 168 cm³/mol. The molecule has 2 fully saturated rings. The molecule has 2 bridgehead atoms. The monoisotopic (exact) mass is 594 g/mol. The molecule has 3 aromatic carbocycles. The molecule has 0 saturated heterocycles. The maximum absolute atomic E-state index is 14.3. The Hall–Kier alpha value is -3.91. The number of ketones is 1. The third-order valence-electron chi connectivity index (χ3n) is 9.51. The molecule has 7 rings (SSSR count). The molecule has 2 saturated carbocycles. The van der Waals surface area contributed by atoms with Gasteiger partial charge in [0.05, 0.1) is 17.0 Å². The number of rotatable bonds is 10. The number of benzene rings is 3. The molecule has 2 aliphatic rings. The zero-order valence-corrected chi connectivity index (χ0v) is 25.3. The van der Waals surface area contributed by atoms with Gasteiger partial charge in [-0.3, -0.25) is 9.36 Å². The molecule has 4 atom stereocenters. The molecule has 0 amide bonds. The summed E-state index contributed by atoms with van der Waals surface area (Å²) >= 11 is 1.43. The number of aromatic nitrogens is 4. The van der Waals surface area contributed by atoms with E-state index in [0.717, 1.165) is 33.6 Å². The normalized spacial score (nSPS) is 20.1. The second-order valence-electron chi connectivity index (χ2n) is 11.9. The fourth-order valence-electron chi connectivity index (χ4n) is 7.51. The number of carbonyl (C=O) groups is 1. The van der Waals surface area contributed by atoms with Crippen LogP contribution in [-0.2, 0) is 13.7 Å². The van der Waals surface area contributed by atoms with Crippen LogP contribution in [0, 0.1) is 23.6 Å². The Morgan fingerprint density at radius 1 is 1.00 bits per heavy atom. The Morgan fingerprint density at radius 3 is 2.53 bits per heavy atom. The molecule has 0 spiro atoms. The van der Waals surface area contributed by atoms with Gasteiger partial charge < -0.3 is 9.30 Å². The van der Waals surface area contributed by atoms with Gasteiger partial charge in [-0.25, -0.2) is 4.39 Å². The molecule has 220 valence electrons. The number of Topliss-reactive ketones (excluding diaryl/α,β-unsaturated/α-hetero) is 1. The molecular weight excluding hydrogens is 559 g/mol. The highest BCUT2D eigenvalue weighted by Gasteiger charge is 2.43. The van der Waals surface area contributed by atoms with Crippen LogP contribution >= 0.6 is 11.8 Å². The molecule has 0 unspecified atom stereocenters. The summed E-state index contributed by atoms with van der Waals surface area (Å²) in [5, 5.41) is 10.7. The smallest absolute Gasteiger partial charge is 0.192 e. The molecule has 0 aliphatic heterocycles. The minimum atomic E-state index is -0.404. The average molecular weight is 595 g/mol. The molecule has 2 aromatic heterocycles. The lowest BCUT2D eigenvalue weighted by atomic mass is 9.84. The van der Waals surface area contributed by atoms with Crippen molar-refractivity contribution in [1.82, 2.24) is 19.3 Å². The summed E-state index contributed by atoms with van der Waals surface area (Å²) in [6.07, 6.45) is 5.09. The van der Waals surface area contributed by atoms with Crippen molar-refractivity contribution in [2.24, 2.45) is 24.8 Å². The quantitative estimate of drug-likeness (QED) is 0.121. The third kappa shape index (κ3) is 5.16. The first-order valence-corrected chi connectivity index (χ1v) is 16.1. The van der Waals surface area contributed by atoms with Crippen molar-refractivity contribution in [1.29, 1.82) is 0 Å². The van der Waals surface area contributed by atoms with E-state index in [1.807, 2.05) is 55.6 Å². The third-order valence-corrected chi connectivity index (χ3v) is 10.5. The highest BCUT2D eigenvalue weighted by atomic mass is 32.2. The Bertz CT molecular complexity index is 1780. The second-order valence-corrected chi connectivity index (χ2v) is 12.9. The van der Waals surface area contributed by atoms with E-state index in [1.54, 1.807) is 18.2 Å². The molecular formula is C35H35FN4O2S. The number of nitrogens with zero attached hydrogens (tertiary/aromatic N) is 4. The Balaban J connectivity index is 1.19. The topological polar surface area (TPSA) is 61.9 Å². The van der Waals surface area contributed by atoms with E-state index in [-0.39, 0.29) is 29.9 Å². The van der Waals surface area contributed by atoms with Crippen LogP contribution in [0.1, 0.15) is 54.8 Å². The van der Waals surface area contributed by atoms with E-state index < -0.39 is 5.82 Å². The van der Waals surface area contributed by atoms with Crippen molar-refractivity contribution < 1.29 is 13.9 Å². The average Bonchev–Trinajstić information content (AvgIpc) is 3.83. The summed E-state index contributed by atoms with van der Waals surface area (Å²) in [6.45, 7) is 2.35. The minimum absolute atomic E-state index is 0.0481. The van der Waals surface area contributed by atoms with Crippen molar-refractivity contribution in [3.8, 4) is 17.0 Å². The van der Waals surface area contributed by atoms with Gasteiger partial charge in [-0.1, -0.05) is 78.8 Å². The van der Waals surface area contributed by atoms with E-state index >= 15 is 0 Å². The van der Waals surface area contributed by atoms with Crippen LogP contribution in [-0.4, -0.2) is 30.9 Å². The van der Waals surface area contributed by atoms with Crippen molar-refractivity contribution in [3.05, 3.63) is 96.1 Å². The number of hydrogen-bond donors (Lipinski definition) is 0. The number of aryl methyl sites for hydroxylation is 1. The maximum Gasteiger partial charge on any atom is 0.192 e. The number of para-hydroxylation sites is 2. The number of fused-ring (bicyclic) bond motifs is 3. The number of carbonyl (C=O) groups excluding carboxylic acids is 1. The summed E-state index contributed by atoms with van der Waals surface area (Å²) < 4.78 is 24.5. The first-order valence-electron chi connectivity index (χ1n) is 15.1. The van der Waals surface area contributed by atoms with Gasteiger partial charge in [0.15, 0.2) is 28.3 Å². The van der Waals surface area contributed by atoms with E-state index in [2.05, 4.69) is 32.3 Å². The number of ether oxygens (including phenoxy) is 1. The first-order chi connectivity index (χ1) is 21.0. The van der Waals surface area contributed by atoms with Crippen LogP contribution in [0.4, 0.5) is 4.39 Å². The Morgan fingerprint density at radius 2 is 1.77 bits per heavy atom. The Kier molecular flexibility index (Phi) is 7.55. The summed E-state index contributed by atoms with van der Waals surface area (Å²) in [4.78, 5) is 14.1. The van der Waals surface area contributed by atoms with Crippen LogP contribution < -0.4 is 4.74 Å². The van der Waals surface area contributed by atoms with Gasteiger partial charge in [0.1, 0.15) is 6.61 Å². The molecule has 6 nitrogen and oxygen atoms in total. The highest BCUT2D eigenvalue weighted by molar-refractivity contribution is 7.99. The van der Waals surface area contributed by atoms with E-state index in [4.69, 9.17) is 4.74 Å². The van der Waals surface area contributed by atoms with Crippen LogP contribution in [0.5, 0.6) is 5.75 Å². The van der Waals surface area contributed by atoms with Gasteiger partial charge >= 0.3 is 0 Å². The standard InChI is InChI=1S/C35H35FN4O2S/c1-22(27-19-23-16-17-25(27)18-23)40-32(20-42-31-15-9-7-13-28(31)36)37-38-35(40)43-21-30(41)33-26-12-6-8-14-29(26)39(2)34(33)24-10-4-3-5-11-24/h3-15,22-23,25,27H,16-21H2,1-2H3/t22-,23-,25-,27+/m1/s1. The lowest BCUT2D eigenvalue weighted by Gasteiger charge is -2.30. The lowest BCUT2D eigenvalue weighted by molar-refractivity contribution is 0.102. The number of hydrogen-bond acceptors (Lipinski definition) is 5. The molecule has 0 radical (unpaired) electrons. The zero-order valence-electron chi connectivity index (χ0n) is 24.4. The summed E-state index contributed by atoms with van der Waals surface area (Å²) in [7, 11) is 2.02. The molecule has 2 aliphatic carbocycles. The van der Waals surface area contributed by atoms with Gasteiger partial charge in [-0.05, 0) is 67.7 Å². The largest absolute Gasteiger partial charge is 0.483 e. The van der Waals surface area contributed by atoms with Gasteiger partial charge in [0.25, 0.3) is 0 Å². The van der Waals surface area contributed by atoms with Crippen LogP contribution in [0.15, 0.2) is 84.0 Å². The second kappa shape index (κ2) is 11.6. The zero-order chi connectivity index (χ0) is 29.5. The van der Waals surface area contributed by atoms with E-state index in [9.17, 15) is 9.18 Å². The van der Waals surface area contributed by atoms with E-state index in [1.165, 1.54) is 43.5 Å².